The van der Waals surface area contributed by atoms with E-state index in [2.05, 4.69) is 12.2 Å². The average molecular weight is 283 g/mol. The molecule has 0 spiro atoms. The molecule has 1 heterocycles. The Balaban J connectivity index is 1.69. The molecule has 0 aliphatic carbocycles. The van der Waals surface area contributed by atoms with E-state index in [1.807, 2.05) is 42.5 Å². The van der Waals surface area contributed by atoms with Crippen molar-refractivity contribution in [2.75, 3.05) is 11.9 Å². The second kappa shape index (κ2) is 5.87. The van der Waals surface area contributed by atoms with Crippen molar-refractivity contribution < 1.29 is 14.3 Å². The van der Waals surface area contributed by atoms with Gasteiger partial charge in [-0.3, -0.25) is 4.79 Å². The van der Waals surface area contributed by atoms with Crippen LogP contribution >= 0.6 is 0 Å². The van der Waals surface area contributed by atoms with E-state index in [-0.39, 0.29) is 12.5 Å². The van der Waals surface area contributed by atoms with Crippen molar-refractivity contribution >= 4 is 11.6 Å². The standard InChI is InChI=1S/C17H17NO3/c1-2-12-6-5-7-13(10-12)18-17(19)16-11-20-14-8-3-4-9-15(14)21-16/h3-10,16H,2,11H2,1H3,(H,18,19). The highest BCUT2D eigenvalue weighted by atomic mass is 16.6. The topological polar surface area (TPSA) is 47.6 Å². The number of para-hydroxylation sites is 2. The third-order valence-electron chi connectivity index (χ3n) is 3.40. The van der Waals surface area contributed by atoms with Crippen molar-refractivity contribution in [1.82, 2.24) is 0 Å². The van der Waals surface area contributed by atoms with E-state index >= 15 is 0 Å². The van der Waals surface area contributed by atoms with Gasteiger partial charge in [0.2, 0.25) is 6.10 Å². The number of benzene rings is 2. The zero-order chi connectivity index (χ0) is 14.7. The van der Waals surface area contributed by atoms with Crippen LogP contribution in [-0.2, 0) is 11.2 Å². The first-order chi connectivity index (χ1) is 10.3. The number of carbonyl (C=O) groups is 1. The van der Waals surface area contributed by atoms with Gasteiger partial charge in [-0.15, -0.1) is 0 Å². The zero-order valence-electron chi connectivity index (χ0n) is 11.8. The second-order valence-corrected chi connectivity index (χ2v) is 4.91. The summed E-state index contributed by atoms with van der Waals surface area (Å²) in [6.07, 6.45) is 0.297. The molecule has 1 aliphatic heterocycles. The Bertz CT molecular complexity index is 654. The molecule has 1 aliphatic rings. The minimum atomic E-state index is -0.634. The highest BCUT2D eigenvalue weighted by molar-refractivity contribution is 5.94. The minimum absolute atomic E-state index is 0.197. The van der Waals surface area contributed by atoms with Crippen LogP contribution in [0.25, 0.3) is 0 Å². The fourth-order valence-electron chi connectivity index (χ4n) is 2.24. The molecule has 4 nitrogen and oxygen atoms in total. The molecule has 1 N–H and O–H groups in total. The van der Waals surface area contributed by atoms with E-state index in [0.717, 1.165) is 12.1 Å². The Hall–Kier alpha value is -2.49. The molecule has 0 aromatic heterocycles. The smallest absolute Gasteiger partial charge is 0.269 e. The van der Waals surface area contributed by atoms with Crippen molar-refractivity contribution in [3.63, 3.8) is 0 Å². The highest BCUT2D eigenvalue weighted by Crippen LogP contribution is 2.31. The summed E-state index contributed by atoms with van der Waals surface area (Å²) in [4.78, 5) is 12.3. The molecular formula is C17H17NO3. The van der Waals surface area contributed by atoms with Crippen molar-refractivity contribution in [3.05, 3.63) is 54.1 Å². The van der Waals surface area contributed by atoms with Gasteiger partial charge in [0.15, 0.2) is 11.5 Å². The maximum Gasteiger partial charge on any atom is 0.269 e. The summed E-state index contributed by atoms with van der Waals surface area (Å²) in [5.41, 5.74) is 1.96. The Morgan fingerprint density at radius 1 is 1.19 bits per heavy atom. The summed E-state index contributed by atoms with van der Waals surface area (Å²) < 4.78 is 11.2. The summed E-state index contributed by atoms with van der Waals surface area (Å²) in [7, 11) is 0. The summed E-state index contributed by atoms with van der Waals surface area (Å²) in [5.74, 6) is 1.08. The predicted molar refractivity (Wildman–Crippen MR) is 80.8 cm³/mol. The SMILES string of the molecule is CCc1cccc(NC(=O)C2COc3ccccc3O2)c1. The van der Waals surface area contributed by atoms with Gasteiger partial charge in [0, 0.05) is 5.69 Å². The van der Waals surface area contributed by atoms with E-state index in [1.54, 1.807) is 6.07 Å². The first kappa shape index (κ1) is 13.5. The molecule has 2 aromatic carbocycles. The van der Waals surface area contributed by atoms with Gasteiger partial charge in [-0.1, -0.05) is 31.2 Å². The van der Waals surface area contributed by atoms with Crippen LogP contribution in [0.4, 0.5) is 5.69 Å². The molecule has 0 bridgehead atoms. The number of hydrogen-bond acceptors (Lipinski definition) is 3. The summed E-state index contributed by atoms with van der Waals surface area (Å²) in [6, 6.07) is 15.2. The number of nitrogens with one attached hydrogen (secondary N) is 1. The van der Waals surface area contributed by atoms with E-state index in [9.17, 15) is 4.79 Å². The first-order valence-corrected chi connectivity index (χ1v) is 7.04. The van der Waals surface area contributed by atoms with Crippen LogP contribution in [0.2, 0.25) is 0 Å². The maximum absolute atomic E-state index is 12.3. The van der Waals surface area contributed by atoms with Crippen LogP contribution < -0.4 is 14.8 Å². The summed E-state index contributed by atoms with van der Waals surface area (Å²) in [5, 5.41) is 2.87. The van der Waals surface area contributed by atoms with Gasteiger partial charge >= 0.3 is 0 Å². The lowest BCUT2D eigenvalue weighted by Crippen LogP contribution is -2.40. The van der Waals surface area contributed by atoms with Gasteiger partial charge in [0.1, 0.15) is 6.61 Å². The van der Waals surface area contributed by atoms with Crippen LogP contribution in [0, 0.1) is 0 Å². The molecule has 21 heavy (non-hydrogen) atoms. The zero-order valence-corrected chi connectivity index (χ0v) is 11.8. The number of ether oxygens (including phenoxy) is 2. The molecule has 3 rings (SSSR count). The largest absolute Gasteiger partial charge is 0.485 e. The first-order valence-electron chi connectivity index (χ1n) is 7.04. The Labute approximate surface area is 123 Å². The molecule has 2 aromatic rings. The number of fused-ring (bicyclic) bond motifs is 1. The number of rotatable bonds is 3. The quantitative estimate of drug-likeness (QED) is 0.942. The van der Waals surface area contributed by atoms with Crippen molar-refractivity contribution in [1.29, 1.82) is 0 Å². The normalized spacial score (nSPS) is 16.3. The van der Waals surface area contributed by atoms with Crippen molar-refractivity contribution in [2.45, 2.75) is 19.4 Å². The molecule has 0 radical (unpaired) electrons. The molecule has 1 amide bonds. The lowest BCUT2D eigenvalue weighted by molar-refractivity contribution is -0.125. The average Bonchev–Trinajstić information content (AvgIpc) is 2.54. The van der Waals surface area contributed by atoms with Gasteiger partial charge in [-0.2, -0.15) is 0 Å². The Morgan fingerprint density at radius 2 is 2.00 bits per heavy atom. The molecule has 0 fully saturated rings. The lowest BCUT2D eigenvalue weighted by Gasteiger charge is -2.25. The summed E-state index contributed by atoms with van der Waals surface area (Å²) in [6.45, 7) is 2.30. The molecule has 108 valence electrons. The van der Waals surface area contributed by atoms with E-state index in [4.69, 9.17) is 9.47 Å². The van der Waals surface area contributed by atoms with Crippen LogP contribution in [0.3, 0.4) is 0 Å². The van der Waals surface area contributed by atoms with E-state index < -0.39 is 6.10 Å². The van der Waals surface area contributed by atoms with Gasteiger partial charge in [-0.25, -0.2) is 0 Å². The van der Waals surface area contributed by atoms with Gasteiger partial charge in [0.25, 0.3) is 5.91 Å². The molecule has 1 unspecified atom stereocenters. The number of aryl methyl sites for hydroxylation is 1. The fourth-order valence-corrected chi connectivity index (χ4v) is 2.24. The van der Waals surface area contributed by atoms with Crippen molar-refractivity contribution in [2.24, 2.45) is 0 Å². The van der Waals surface area contributed by atoms with Gasteiger partial charge in [0.05, 0.1) is 0 Å². The Kier molecular flexibility index (Phi) is 3.77. The van der Waals surface area contributed by atoms with Crippen LogP contribution in [0.5, 0.6) is 11.5 Å². The maximum atomic E-state index is 12.3. The van der Waals surface area contributed by atoms with Gasteiger partial charge < -0.3 is 14.8 Å². The minimum Gasteiger partial charge on any atom is -0.485 e. The molecular weight excluding hydrogens is 266 g/mol. The number of hydrogen-bond donors (Lipinski definition) is 1. The third kappa shape index (κ3) is 2.99. The lowest BCUT2D eigenvalue weighted by atomic mass is 10.1. The number of anilines is 1. The molecule has 4 heteroatoms. The fraction of sp³-hybridized carbons (Fsp3) is 0.235. The highest BCUT2D eigenvalue weighted by Gasteiger charge is 2.27. The van der Waals surface area contributed by atoms with Crippen LogP contribution in [0.15, 0.2) is 48.5 Å². The predicted octanol–water partition coefficient (Wildman–Crippen LogP) is 3.03. The van der Waals surface area contributed by atoms with Gasteiger partial charge in [-0.05, 0) is 36.2 Å². The second-order valence-electron chi connectivity index (χ2n) is 4.91. The summed E-state index contributed by atoms with van der Waals surface area (Å²) >= 11 is 0. The van der Waals surface area contributed by atoms with Crippen LogP contribution in [-0.4, -0.2) is 18.6 Å². The van der Waals surface area contributed by atoms with E-state index in [0.29, 0.717) is 11.5 Å². The molecule has 1 atom stereocenters. The van der Waals surface area contributed by atoms with Crippen molar-refractivity contribution in [3.8, 4) is 11.5 Å². The molecule has 0 saturated heterocycles. The number of carbonyl (C=O) groups excluding carboxylic acids is 1. The monoisotopic (exact) mass is 283 g/mol. The number of amides is 1. The Morgan fingerprint density at radius 3 is 2.81 bits per heavy atom. The van der Waals surface area contributed by atoms with E-state index in [1.165, 1.54) is 5.56 Å². The third-order valence-corrected chi connectivity index (χ3v) is 3.40. The van der Waals surface area contributed by atoms with Crippen LogP contribution in [0.1, 0.15) is 12.5 Å². The molecule has 0 saturated carbocycles.